The molecule has 0 radical (unpaired) electrons. The van der Waals surface area contributed by atoms with Gasteiger partial charge in [-0.2, -0.15) is 5.10 Å². The quantitative estimate of drug-likeness (QED) is 0.0616. The van der Waals surface area contributed by atoms with Crippen molar-refractivity contribution in [2.24, 2.45) is 5.10 Å². The molecule has 0 aliphatic carbocycles. The van der Waals surface area contributed by atoms with E-state index in [0.29, 0.717) is 62.4 Å². The lowest BCUT2D eigenvalue weighted by molar-refractivity contribution is -0.139. The molecule has 0 bridgehead atoms. The van der Waals surface area contributed by atoms with Gasteiger partial charge in [0.05, 0.1) is 35.5 Å². The molecule has 4 aromatic carbocycles. The first kappa shape index (κ1) is 34.4. The number of carbonyl (C=O) groups excluding carboxylic acids is 2. The van der Waals surface area contributed by atoms with Crippen LogP contribution >= 0.6 is 28.1 Å². The number of hydrogen-bond donors (Lipinski definition) is 3. The lowest BCUT2D eigenvalue weighted by atomic mass is 9.95. The van der Waals surface area contributed by atoms with E-state index in [-0.39, 0.29) is 13.2 Å². The topological polar surface area (TPSA) is 120 Å². The van der Waals surface area contributed by atoms with Gasteiger partial charge in [-0.15, -0.1) is 0 Å². The summed E-state index contributed by atoms with van der Waals surface area (Å²) in [6.45, 7) is 6.07. The smallest absolute Gasteiger partial charge is 0.338 e. The molecular formula is C36H35BrN4O6S. The SMILES string of the molecule is CCOC(=O)C1=C(C)NC(=S)N[C@H]1c1ccccc1OCC(=O)NN=Cc1cc(Br)c(OCc2cccc3ccccc23)c(OCC)c1. The van der Waals surface area contributed by atoms with Crippen molar-refractivity contribution in [3.63, 3.8) is 0 Å². The fourth-order valence-electron chi connectivity index (χ4n) is 5.25. The third-order valence-corrected chi connectivity index (χ3v) is 8.15. The van der Waals surface area contributed by atoms with Crippen LogP contribution in [-0.4, -0.2) is 43.0 Å². The second kappa shape index (κ2) is 16.2. The average molecular weight is 732 g/mol. The Kier molecular flexibility index (Phi) is 11.6. The first-order chi connectivity index (χ1) is 23.3. The van der Waals surface area contributed by atoms with E-state index >= 15 is 0 Å². The number of nitrogens with one attached hydrogen (secondary N) is 3. The Hall–Kier alpha value is -4.94. The van der Waals surface area contributed by atoms with Gasteiger partial charge in [0.1, 0.15) is 12.4 Å². The number of ether oxygens (including phenoxy) is 4. The largest absolute Gasteiger partial charge is 0.490 e. The van der Waals surface area contributed by atoms with Gasteiger partial charge in [0.15, 0.2) is 23.2 Å². The van der Waals surface area contributed by atoms with E-state index in [1.807, 2.05) is 43.3 Å². The minimum absolute atomic E-state index is 0.222. The van der Waals surface area contributed by atoms with Gasteiger partial charge >= 0.3 is 5.97 Å². The number of fused-ring (bicyclic) bond motifs is 1. The number of para-hydroxylation sites is 1. The van der Waals surface area contributed by atoms with Crippen molar-refractivity contribution >= 4 is 62.1 Å². The van der Waals surface area contributed by atoms with Crippen molar-refractivity contribution in [1.82, 2.24) is 16.1 Å². The molecule has 48 heavy (non-hydrogen) atoms. The third-order valence-electron chi connectivity index (χ3n) is 7.34. The molecule has 1 aliphatic heterocycles. The van der Waals surface area contributed by atoms with E-state index in [1.165, 1.54) is 6.21 Å². The molecule has 0 saturated carbocycles. The normalized spacial score (nSPS) is 14.3. The van der Waals surface area contributed by atoms with Crippen molar-refractivity contribution in [3.8, 4) is 17.2 Å². The van der Waals surface area contributed by atoms with E-state index in [4.69, 9.17) is 31.2 Å². The predicted octanol–water partition coefficient (Wildman–Crippen LogP) is 6.47. The van der Waals surface area contributed by atoms with Crippen molar-refractivity contribution < 1.29 is 28.5 Å². The van der Waals surface area contributed by atoms with Crippen molar-refractivity contribution in [3.05, 3.63) is 111 Å². The Morgan fingerprint density at radius 2 is 1.73 bits per heavy atom. The zero-order valence-electron chi connectivity index (χ0n) is 26.7. The zero-order chi connectivity index (χ0) is 34.0. The van der Waals surface area contributed by atoms with Crippen LogP contribution in [0.1, 0.15) is 43.5 Å². The van der Waals surface area contributed by atoms with Gasteiger partial charge in [-0.05, 0) is 89.0 Å². The summed E-state index contributed by atoms with van der Waals surface area (Å²) in [5.41, 5.74) is 5.80. The number of nitrogens with zero attached hydrogens (tertiary/aromatic N) is 1. The van der Waals surface area contributed by atoms with Gasteiger partial charge in [-0.25, -0.2) is 10.2 Å². The molecule has 5 rings (SSSR count). The molecule has 12 heteroatoms. The van der Waals surface area contributed by atoms with Crippen molar-refractivity contribution in [1.29, 1.82) is 0 Å². The highest BCUT2D eigenvalue weighted by Crippen LogP contribution is 2.38. The van der Waals surface area contributed by atoms with E-state index < -0.39 is 17.9 Å². The lowest BCUT2D eigenvalue weighted by Gasteiger charge is -2.30. The summed E-state index contributed by atoms with van der Waals surface area (Å²) in [6.07, 6.45) is 1.51. The molecule has 10 nitrogen and oxygen atoms in total. The fraction of sp³-hybridized carbons (Fsp3) is 0.222. The molecule has 0 spiro atoms. The summed E-state index contributed by atoms with van der Waals surface area (Å²) < 4.78 is 24.0. The third kappa shape index (κ3) is 8.31. The van der Waals surface area contributed by atoms with Crippen LogP contribution < -0.4 is 30.3 Å². The van der Waals surface area contributed by atoms with Crippen LogP contribution in [0.3, 0.4) is 0 Å². The average Bonchev–Trinajstić information content (AvgIpc) is 3.07. The highest BCUT2D eigenvalue weighted by molar-refractivity contribution is 9.10. The summed E-state index contributed by atoms with van der Waals surface area (Å²) in [4.78, 5) is 25.5. The van der Waals surface area contributed by atoms with Gasteiger partial charge in [0.2, 0.25) is 0 Å². The van der Waals surface area contributed by atoms with Crippen molar-refractivity contribution in [2.75, 3.05) is 19.8 Å². The number of esters is 1. The Bertz CT molecular complexity index is 1890. The summed E-state index contributed by atoms with van der Waals surface area (Å²) in [5.74, 6) is 0.549. The van der Waals surface area contributed by atoms with Gasteiger partial charge < -0.3 is 29.6 Å². The molecule has 0 fully saturated rings. The van der Waals surface area contributed by atoms with Gasteiger partial charge in [-0.1, -0.05) is 60.7 Å². The monoisotopic (exact) mass is 730 g/mol. The van der Waals surface area contributed by atoms with Crippen molar-refractivity contribution in [2.45, 2.75) is 33.4 Å². The summed E-state index contributed by atoms with van der Waals surface area (Å²) in [6, 6.07) is 24.4. The standard InChI is InChI=1S/C36H35BrN4O6S/c1-4-44-30-18-23(17-28(37)34(30)47-20-25-13-10-12-24-11-6-7-14-26(24)25)19-38-41-31(42)21-46-29-16-9-8-15-27(29)33-32(35(43)45-5-2)22(3)39-36(48)40-33/h6-19,33H,4-5,20-21H2,1-3H3,(H,41,42)(H2,39,40,48)/t33-/m0/s1. The number of hydrogen-bond acceptors (Lipinski definition) is 8. The number of allylic oxidation sites excluding steroid dienone is 1. The second-order valence-corrected chi connectivity index (χ2v) is 11.9. The maximum absolute atomic E-state index is 12.8. The van der Waals surface area contributed by atoms with Crippen LogP contribution in [0.4, 0.5) is 0 Å². The highest BCUT2D eigenvalue weighted by atomic mass is 79.9. The molecule has 0 unspecified atom stereocenters. The maximum atomic E-state index is 12.8. The fourth-order valence-corrected chi connectivity index (χ4v) is 6.09. The van der Waals surface area contributed by atoms with E-state index in [0.717, 1.165) is 16.3 Å². The van der Waals surface area contributed by atoms with Crippen LogP contribution in [0.2, 0.25) is 0 Å². The van der Waals surface area contributed by atoms with Crippen LogP contribution in [0.5, 0.6) is 17.2 Å². The summed E-state index contributed by atoms with van der Waals surface area (Å²) >= 11 is 8.95. The van der Waals surface area contributed by atoms with Crippen LogP contribution in [0.25, 0.3) is 10.8 Å². The van der Waals surface area contributed by atoms with E-state index in [1.54, 1.807) is 38.1 Å². The van der Waals surface area contributed by atoms with Gasteiger partial charge in [0, 0.05) is 11.3 Å². The van der Waals surface area contributed by atoms with E-state index in [2.05, 4.69) is 55.3 Å². The lowest BCUT2D eigenvalue weighted by Crippen LogP contribution is -2.45. The number of benzene rings is 4. The Morgan fingerprint density at radius 3 is 2.54 bits per heavy atom. The zero-order valence-corrected chi connectivity index (χ0v) is 29.1. The summed E-state index contributed by atoms with van der Waals surface area (Å²) in [7, 11) is 0. The molecule has 1 atom stereocenters. The minimum atomic E-state index is -0.632. The number of hydrazone groups is 1. The molecular weight excluding hydrogens is 696 g/mol. The molecule has 1 amide bonds. The molecule has 0 saturated heterocycles. The molecule has 248 valence electrons. The van der Waals surface area contributed by atoms with Crippen LogP contribution in [0.15, 0.2) is 99.7 Å². The first-order valence-corrected chi connectivity index (χ1v) is 16.5. The summed E-state index contributed by atoms with van der Waals surface area (Å²) in [5, 5.41) is 12.8. The number of thiocarbonyl (C=S) groups is 1. The second-order valence-electron chi connectivity index (χ2n) is 10.6. The maximum Gasteiger partial charge on any atom is 0.338 e. The Morgan fingerprint density at radius 1 is 0.958 bits per heavy atom. The molecule has 1 heterocycles. The van der Waals surface area contributed by atoms with Crippen LogP contribution in [0, 0.1) is 0 Å². The number of carbonyl (C=O) groups is 2. The molecule has 1 aliphatic rings. The van der Waals surface area contributed by atoms with E-state index in [9.17, 15) is 9.59 Å². The Balaban J connectivity index is 1.24. The van der Waals surface area contributed by atoms with Crippen LogP contribution in [-0.2, 0) is 20.9 Å². The number of rotatable bonds is 13. The number of halogens is 1. The first-order valence-electron chi connectivity index (χ1n) is 15.3. The molecule has 4 aromatic rings. The predicted molar refractivity (Wildman–Crippen MR) is 192 cm³/mol. The van der Waals surface area contributed by atoms with Gasteiger partial charge in [-0.3, -0.25) is 4.79 Å². The minimum Gasteiger partial charge on any atom is -0.490 e. The number of amides is 1. The highest BCUT2D eigenvalue weighted by Gasteiger charge is 2.32. The molecule has 0 aromatic heterocycles. The van der Waals surface area contributed by atoms with Gasteiger partial charge in [0.25, 0.3) is 5.91 Å². The molecule has 3 N–H and O–H groups in total. The Labute approximate surface area is 292 Å².